The van der Waals surface area contributed by atoms with Crippen LogP contribution in [0.1, 0.15) is 19.4 Å². The summed E-state index contributed by atoms with van der Waals surface area (Å²) in [5.41, 5.74) is 0.768. The van der Waals surface area contributed by atoms with Gasteiger partial charge in [-0.1, -0.05) is 12.1 Å². The summed E-state index contributed by atoms with van der Waals surface area (Å²) in [6.45, 7) is 4.07. The van der Waals surface area contributed by atoms with Gasteiger partial charge in [0.15, 0.2) is 18.1 Å². The van der Waals surface area contributed by atoms with Gasteiger partial charge in [0, 0.05) is 19.0 Å². The first kappa shape index (κ1) is 18.0. The van der Waals surface area contributed by atoms with E-state index in [1.54, 1.807) is 13.1 Å². The van der Waals surface area contributed by atoms with Crippen molar-refractivity contribution in [3.05, 3.63) is 23.8 Å². The summed E-state index contributed by atoms with van der Waals surface area (Å²) in [5, 5.41) is 19.7. The summed E-state index contributed by atoms with van der Waals surface area (Å²) in [6.07, 6.45) is -1.24. The van der Waals surface area contributed by atoms with E-state index in [1.807, 2.05) is 26.0 Å². The molecule has 25 heavy (non-hydrogen) atoms. The summed E-state index contributed by atoms with van der Waals surface area (Å²) in [6, 6.07) is 5.04. The highest BCUT2D eigenvalue weighted by atomic mass is 16.5. The van der Waals surface area contributed by atoms with Crippen molar-refractivity contribution in [2.45, 2.75) is 44.1 Å². The third-order valence-electron chi connectivity index (χ3n) is 4.66. The van der Waals surface area contributed by atoms with Crippen molar-refractivity contribution in [1.29, 1.82) is 0 Å². The fraction of sp³-hybridized carbons (Fsp3) is 0.611. The number of hydrogen-bond donors (Lipinski definition) is 2. The zero-order chi connectivity index (χ0) is 18.2. The molecule has 3 atom stereocenters. The molecule has 2 aliphatic heterocycles. The minimum absolute atomic E-state index is 0.0689. The van der Waals surface area contributed by atoms with E-state index in [2.05, 4.69) is 0 Å². The van der Waals surface area contributed by atoms with Crippen LogP contribution < -0.4 is 9.47 Å². The Kier molecular flexibility index (Phi) is 4.90. The fourth-order valence-electron chi connectivity index (χ4n) is 3.23. The molecule has 0 aliphatic carbocycles. The Labute approximate surface area is 147 Å². The number of benzene rings is 1. The van der Waals surface area contributed by atoms with E-state index in [1.165, 1.54) is 4.90 Å². The largest absolute Gasteiger partial charge is 0.483 e. The van der Waals surface area contributed by atoms with Gasteiger partial charge in [0.1, 0.15) is 17.8 Å². The van der Waals surface area contributed by atoms with Crippen molar-refractivity contribution < 1.29 is 29.2 Å². The number of fused-ring (bicyclic) bond motifs is 1. The number of amides is 1. The van der Waals surface area contributed by atoms with Gasteiger partial charge in [-0.05, 0) is 19.9 Å². The Morgan fingerprint density at radius 3 is 2.88 bits per heavy atom. The summed E-state index contributed by atoms with van der Waals surface area (Å²) < 4.78 is 16.8. The number of nitrogens with zero attached hydrogens (tertiary/aromatic N) is 1. The van der Waals surface area contributed by atoms with Gasteiger partial charge in [-0.2, -0.15) is 0 Å². The average molecular weight is 351 g/mol. The number of carbonyl (C=O) groups is 1. The first-order valence-corrected chi connectivity index (χ1v) is 8.42. The Morgan fingerprint density at radius 1 is 1.36 bits per heavy atom. The Hall–Kier alpha value is -1.83. The first-order chi connectivity index (χ1) is 11.8. The molecule has 7 nitrogen and oxygen atoms in total. The highest BCUT2D eigenvalue weighted by molar-refractivity contribution is 5.78. The Balaban J connectivity index is 1.63. The third kappa shape index (κ3) is 3.73. The predicted molar refractivity (Wildman–Crippen MR) is 89.7 cm³/mol. The highest BCUT2D eigenvalue weighted by Gasteiger charge is 2.36. The standard InChI is InChI=1S/C18H25NO6/c1-18(2)7-11-5-4-6-14(17(11)25-18)24-10-15(21)19(3)12-8-23-9-13(20)16(12)22/h4-6,12-13,16,20,22H,7-10H2,1-3H3/t12-,13-,16+/m1/s1. The predicted octanol–water partition coefficient (Wildman–Crippen LogP) is 0.358. The van der Waals surface area contributed by atoms with Crippen LogP contribution in [0.5, 0.6) is 11.5 Å². The number of likely N-dealkylation sites (N-methyl/N-ethyl adjacent to an activating group) is 1. The number of aliphatic hydroxyl groups is 2. The van der Waals surface area contributed by atoms with E-state index in [9.17, 15) is 15.0 Å². The molecule has 1 aromatic rings. The van der Waals surface area contributed by atoms with E-state index in [0.29, 0.717) is 11.5 Å². The molecule has 0 spiro atoms. The van der Waals surface area contributed by atoms with Crippen LogP contribution in [0, 0.1) is 0 Å². The van der Waals surface area contributed by atoms with E-state index < -0.39 is 18.2 Å². The molecule has 1 amide bonds. The zero-order valence-electron chi connectivity index (χ0n) is 14.8. The van der Waals surface area contributed by atoms with Gasteiger partial charge in [-0.3, -0.25) is 4.79 Å². The molecule has 138 valence electrons. The lowest BCUT2D eigenvalue weighted by atomic mass is 10.0. The monoisotopic (exact) mass is 351 g/mol. The Morgan fingerprint density at radius 2 is 2.12 bits per heavy atom. The molecule has 0 aromatic heterocycles. The average Bonchev–Trinajstić information content (AvgIpc) is 2.88. The van der Waals surface area contributed by atoms with Gasteiger partial charge in [0.25, 0.3) is 5.91 Å². The van der Waals surface area contributed by atoms with Crippen molar-refractivity contribution in [1.82, 2.24) is 4.90 Å². The van der Waals surface area contributed by atoms with Gasteiger partial charge in [-0.15, -0.1) is 0 Å². The molecular formula is C18H25NO6. The van der Waals surface area contributed by atoms with Crippen molar-refractivity contribution in [3.8, 4) is 11.5 Å². The lowest BCUT2D eigenvalue weighted by Crippen LogP contribution is -2.57. The third-order valence-corrected chi connectivity index (χ3v) is 4.66. The van der Waals surface area contributed by atoms with Gasteiger partial charge in [0.05, 0.1) is 19.3 Å². The topological polar surface area (TPSA) is 88.5 Å². The van der Waals surface area contributed by atoms with Crippen LogP contribution in [0.4, 0.5) is 0 Å². The molecule has 0 radical (unpaired) electrons. The number of aliphatic hydroxyl groups excluding tert-OH is 2. The molecule has 1 fully saturated rings. The summed E-state index contributed by atoms with van der Waals surface area (Å²) in [7, 11) is 1.57. The second-order valence-electron chi connectivity index (χ2n) is 7.24. The molecule has 2 N–H and O–H groups in total. The second kappa shape index (κ2) is 6.82. The second-order valence-corrected chi connectivity index (χ2v) is 7.24. The van der Waals surface area contributed by atoms with Crippen LogP contribution in [0.2, 0.25) is 0 Å². The van der Waals surface area contributed by atoms with E-state index in [0.717, 1.165) is 12.0 Å². The molecule has 3 rings (SSSR count). The summed E-state index contributed by atoms with van der Waals surface area (Å²) in [4.78, 5) is 13.8. The molecular weight excluding hydrogens is 326 g/mol. The van der Waals surface area contributed by atoms with E-state index in [-0.39, 0.29) is 31.3 Å². The molecule has 0 saturated carbocycles. The lowest BCUT2D eigenvalue weighted by molar-refractivity contribution is -0.154. The molecule has 1 aromatic carbocycles. The number of para-hydroxylation sites is 1. The minimum Gasteiger partial charge on any atom is -0.483 e. The van der Waals surface area contributed by atoms with Crippen molar-refractivity contribution in [3.63, 3.8) is 0 Å². The molecule has 0 bridgehead atoms. The maximum Gasteiger partial charge on any atom is 0.260 e. The first-order valence-electron chi connectivity index (χ1n) is 8.42. The molecule has 0 unspecified atom stereocenters. The highest BCUT2D eigenvalue weighted by Crippen LogP contribution is 2.41. The van der Waals surface area contributed by atoms with Crippen molar-refractivity contribution >= 4 is 5.91 Å². The zero-order valence-corrected chi connectivity index (χ0v) is 14.8. The van der Waals surface area contributed by atoms with Gasteiger partial charge in [-0.25, -0.2) is 0 Å². The molecule has 2 aliphatic rings. The fourth-order valence-corrected chi connectivity index (χ4v) is 3.23. The number of carbonyl (C=O) groups excluding carboxylic acids is 1. The van der Waals surface area contributed by atoms with E-state index >= 15 is 0 Å². The van der Waals surface area contributed by atoms with Crippen molar-refractivity contribution in [2.24, 2.45) is 0 Å². The van der Waals surface area contributed by atoms with Crippen LogP contribution in [-0.4, -0.2) is 71.7 Å². The minimum atomic E-state index is -1.03. The SMILES string of the molecule is CN(C(=O)COc1cccc2c1OC(C)(C)C2)[C@@H]1COC[C@@H](O)[C@H]1O. The molecule has 2 heterocycles. The van der Waals surface area contributed by atoms with Crippen LogP contribution in [0.25, 0.3) is 0 Å². The molecule has 7 heteroatoms. The van der Waals surface area contributed by atoms with Crippen LogP contribution in [-0.2, 0) is 16.0 Å². The number of ether oxygens (including phenoxy) is 3. The maximum atomic E-state index is 12.4. The summed E-state index contributed by atoms with van der Waals surface area (Å²) >= 11 is 0. The smallest absolute Gasteiger partial charge is 0.260 e. The number of rotatable bonds is 4. The van der Waals surface area contributed by atoms with Crippen LogP contribution in [0.3, 0.4) is 0 Å². The lowest BCUT2D eigenvalue weighted by Gasteiger charge is -2.37. The van der Waals surface area contributed by atoms with Gasteiger partial charge in [0.2, 0.25) is 0 Å². The number of hydrogen-bond acceptors (Lipinski definition) is 6. The quantitative estimate of drug-likeness (QED) is 0.814. The Bertz CT molecular complexity index is 646. The molecule has 1 saturated heterocycles. The van der Waals surface area contributed by atoms with E-state index in [4.69, 9.17) is 14.2 Å². The normalized spacial score (nSPS) is 27.3. The summed E-state index contributed by atoms with van der Waals surface area (Å²) in [5.74, 6) is 0.904. The van der Waals surface area contributed by atoms with Gasteiger partial charge < -0.3 is 29.3 Å². The van der Waals surface area contributed by atoms with Crippen LogP contribution >= 0.6 is 0 Å². The van der Waals surface area contributed by atoms with Crippen LogP contribution in [0.15, 0.2) is 18.2 Å². The van der Waals surface area contributed by atoms with Gasteiger partial charge >= 0.3 is 0 Å². The maximum absolute atomic E-state index is 12.4. The van der Waals surface area contributed by atoms with Crippen molar-refractivity contribution in [2.75, 3.05) is 26.9 Å².